The van der Waals surface area contributed by atoms with Gasteiger partial charge in [0, 0.05) is 6.54 Å². The van der Waals surface area contributed by atoms with Crippen molar-refractivity contribution in [3.63, 3.8) is 0 Å². The summed E-state index contributed by atoms with van der Waals surface area (Å²) in [5.41, 5.74) is 1.64. The fourth-order valence-electron chi connectivity index (χ4n) is 3.03. The summed E-state index contributed by atoms with van der Waals surface area (Å²) in [5, 5.41) is 9.06. The van der Waals surface area contributed by atoms with Gasteiger partial charge in [-0.15, -0.1) is 0 Å². The summed E-state index contributed by atoms with van der Waals surface area (Å²) in [5.74, 6) is 0.849. The monoisotopic (exact) mass is 285 g/mol. The smallest absolute Gasteiger partial charge is 0.339 e. The second kappa shape index (κ2) is 5.74. The number of carbonyl (C=O) groups is 1. The van der Waals surface area contributed by atoms with Crippen LogP contribution < -0.4 is 0 Å². The second-order valence-corrected chi connectivity index (χ2v) is 5.62. The highest BCUT2D eigenvalue weighted by Gasteiger charge is 2.25. The highest BCUT2D eigenvalue weighted by Crippen LogP contribution is 2.28. The summed E-state index contributed by atoms with van der Waals surface area (Å²) >= 11 is 0. The molecule has 1 fully saturated rings. The molecular weight excluding hydrogens is 266 g/mol. The van der Waals surface area contributed by atoms with E-state index < -0.39 is 5.97 Å². The lowest BCUT2D eigenvalue weighted by Crippen LogP contribution is -2.19. The van der Waals surface area contributed by atoms with Gasteiger partial charge in [0.05, 0.1) is 6.54 Å². The molecule has 0 radical (unpaired) electrons. The fraction of sp³-hybridized carbons (Fsp3) is 0.353. The Labute approximate surface area is 124 Å². The Hall–Kier alpha value is -2.07. The number of hydrogen-bond donors (Lipinski definition) is 1. The molecule has 1 aromatic heterocycles. The summed E-state index contributed by atoms with van der Waals surface area (Å²) in [6.45, 7) is 4.38. The molecule has 2 aromatic rings. The van der Waals surface area contributed by atoms with E-state index in [0.29, 0.717) is 18.2 Å². The van der Waals surface area contributed by atoms with Crippen LogP contribution in [0, 0.1) is 6.92 Å². The van der Waals surface area contributed by atoms with Crippen molar-refractivity contribution in [2.24, 2.45) is 0 Å². The molecular formula is C17H19NO3. The first kappa shape index (κ1) is 13.9. The number of benzene rings is 1. The average molecular weight is 285 g/mol. The number of furan rings is 1. The van der Waals surface area contributed by atoms with Gasteiger partial charge in [-0.1, -0.05) is 30.3 Å². The molecule has 1 aromatic carbocycles. The van der Waals surface area contributed by atoms with Crippen LogP contribution >= 0.6 is 0 Å². The third-order valence-corrected chi connectivity index (χ3v) is 4.12. The zero-order valence-corrected chi connectivity index (χ0v) is 12.1. The number of hydrogen-bond acceptors (Lipinski definition) is 3. The lowest BCUT2D eigenvalue weighted by atomic mass is 9.99. The molecule has 4 nitrogen and oxygen atoms in total. The summed E-state index contributed by atoms with van der Waals surface area (Å²) in [4.78, 5) is 13.4. The Kier molecular flexibility index (Phi) is 3.80. The maximum atomic E-state index is 11.0. The number of carboxylic acid groups (broad SMARTS) is 1. The van der Waals surface area contributed by atoms with E-state index >= 15 is 0 Å². The number of rotatable bonds is 4. The molecule has 1 saturated heterocycles. The molecule has 110 valence electrons. The van der Waals surface area contributed by atoms with Crippen molar-refractivity contribution >= 4 is 5.97 Å². The molecule has 1 atom stereocenters. The van der Waals surface area contributed by atoms with Gasteiger partial charge in [0.2, 0.25) is 0 Å². The molecule has 0 bridgehead atoms. The summed E-state index contributed by atoms with van der Waals surface area (Å²) in [6, 6.07) is 12.2. The predicted molar refractivity (Wildman–Crippen MR) is 79.5 cm³/mol. The Morgan fingerprint density at radius 1 is 1.38 bits per heavy atom. The molecule has 1 aliphatic heterocycles. The lowest BCUT2D eigenvalue weighted by molar-refractivity contribution is 0.0695. The van der Waals surface area contributed by atoms with Gasteiger partial charge in [-0.3, -0.25) is 4.90 Å². The van der Waals surface area contributed by atoms with Crippen molar-refractivity contribution in [2.45, 2.75) is 25.8 Å². The van der Waals surface area contributed by atoms with Gasteiger partial charge in [-0.2, -0.15) is 0 Å². The second-order valence-electron chi connectivity index (χ2n) is 5.62. The van der Waals surface area contributed by atoms with Crippen LogP contribution in [0.15, 0.2) is 40.8 Å². The third-order valence-electron chi connectivity index (χ3n) is 4.12. The van der Waals surface area contributed by atoms with Crippen molar-refractivity contribution in [1.82, 2.24) is 4.90 Å². The maximum absolute atomic E-state index is 11.0. The van der Waals surface area contributed by atoms with Crippen molar-refractivity contribution in [3.05, 3.63) is 59.0 Å². The Morgan fingerprint density at radius 2 is 2.14 bits per heavy atom. The molecule has 1 unspecified atom stereocenters. The highest BCUT2D eigenvalue weighted by molar-refractivity contribution is 5.88. The number of aryl methyl sites for hydroxylation is 1. The van der Waals surface area contributed by atoms with Gasteiger partial charge in [-0.05, 0) is 37.4 Å². The average Bonchev–Trinajstić information content (AvgIpc) is 3.07. The highest BCUT2D eigenvalue weighted by atomic mass is 16.4. The fourth-order valence-corrected chi connectivity index (χ4v) is 3.03. The molecule has 0 spiro atoms. The molecule has 0 aliphatic carbocycles. The van der Waals surface area contributed by atoms with Gasteiger partial charge in [0.15, 0.2) is 0 Å². The minimum atomic E-state index is -0.925. The number of aromatic carboxylic acids is 1. The van der Waals surface area contributed by atoms with Crippen LogP contribution in [0.25, 0.3) is 0 Å². The molecule has 1 N–H and O–H groups in total. The standard InChI is InChI=1S/C17H19NO3/c1-12-16(17(19)20)9-15(21-12)11-18-8-7-14(10-18)13-5-3-2-4-6-13/h2-6,9,14H,7-8,10-11H2,1H3,(H,19,20). The lowest BCUT2D eigenvalue weighted by Gasteiger charge is -2.14. The van der Waals surface area contributed by atoms with E-state index in [1.165, 1.54) is 5.56 Å². The Morgan fingerprint density at radius 3 is 2.81 bits per heavy atom. The molecule has 3 rings (SSSR count). The third kappa shape index (κ3) is 3.00. The predicted octanol–water partition coefficient (Wildman–Crippen LogP) is 3.28. The van der Waals surface area contributed by atoms with Crippen LogP contribution in [0.1, 0.15) is 39.8 Å². The van der Waals surface area contributed by atoms with Crippen molar-refractivity contribution in [3.8, 4) is 0 Å². The van der Waals surface area contributed by atoms with Crippen molar-refractivity contribution in [2.75, 3.05) is 13.1 Å². The van der Waals surface area contributed by atoms with E-state index in [4.69, 9.17) is 9.52 Å². The first-order valence-electron chi connectivity index (χ1n) is 7.23. The van der Waals surface area contributed by atoms with Gasteiger partial charge in [-0.25, -0.2) is 4.79 Å². The summed E-state index contributed by atoms with van der Waals surface area (Å²) in [7, 11) is 0. The van der Waals surface area contributed by atoms with Gasteiger partial charge >= 0.3 is 5.97 Å². The van der Waals surface area contributed by atoms with Crippen LogP contribution in [-0.4, -0.2) is 29.1 Å². The van der Waals surface area contributed by atoms with Crippen LogP contribution in [0.4, 0.5) is 0 Å². The van der Waals surface area contributed by atoms with E-state index in [2.05, 4.69) is 29.2 Å². The maximum Gasteiger partial charge on any atom is 0.339 e. The molecule has 0 saturated carbocycles. The van der Waals surface area contributed by atoms with Gasteiger partial charge in [0.25, 0.3) is 0 Å². The largest absolute Gasteiger partial charge is 0.478 e. The van der Waals surface area contributed by atoms with Gasteiger partial charge in [0.1, 0.15) is 17.1 Å². The Bertz CT molecular complexity index is 633. The number of likely N-dealkylation sites (tertiary alicyclic amines) is 1. The van der Waals surface area contributed by atoms with Crippen LogP contribution in [0.3, 0.4) is 0 Å². The van der Waals surface area contributed by atoms with E-state index in [1.807, 2.05) is 6.07 Å². The van der Waals surface area contributed by atoms with E-state index in [1.54, 1.807) is 13.0 Å². The van der Waals surface area contributed by atoms with E-state index in [9.17, 15) is 4.79 Å². The Balaban J connectivity index is 1.65. The molecule has 1 aliphatic rings. The van der Waals surface area contributed by atoms with Crippen LogP contribution in [0.5, 0.6) is 0 Å². The quantitative estimate of drug-likeness (QED) is 0.936. The zero-order valence-electron chi connectivity index (χ0n) is 12.1. The van der Waals surface area contributed by atoms with Crippen molar-refractivity contribution in [1.29, 1.82) is 0 Å². The van der Waals surface area contributed by atoms with E-state index in [-0.39, 0.29) is 5.56 Å². The molecule has 2 heterocycles. The van der Waals surface area contributed by atoms with Crippen LogP contribution in [-0.2, 0) is 6.54 Å². The molecule has 0 amide bonds. The first-order chi connectivity index (χ1) is 10.1. The summed E-state index contributed by atoms with van der Waals surface area (Å²) in [6.07, 6.45) is 1.13. The number of nitrogens with zero attached hydrogens (tertiary/aromatic N) is 1. The van der Waals surface area contributed by atoms with E-state index in [0.717, 1.165) is 25.3 Å². The SMILES string of the molecule is Cc1oc(CN2CCC(c3ccccc3)C2)cc1C(=O)O. The summed E-state index contributed by atoms with van der Waals surface area (Å²) < 4.78 is 5.56. The molecule has 21 heavy (non-hydrogen) atoms. The minimum Gasteiger partial charge on any atom is -0.478 e. The zero-order chi connectivity index (χ0) is 14.8. The minimum absolute atomic E-state index is 0.267. The number of carboxylic acids is 1. The topological polar surface area (TPSA) is 53.7 Å². The van der Waals surface area contributed by atoms with Gasteiger partial charge < -0.3 is 9.52 Å². The first-order valence-corrected chi connectivity index (χ1v) is 7.23. The van der Waals surface area contributed by atoms with Crippen LogP contribution in [0.2, 0.25) is 0 Å². The molecule has 4 heteroatoms. The van der Waals surface area contributed by atoms with Crippen molar-refractivity contribution < 1.29 is 14.3 Å². The normalized spacial score (nSPS) is 19.0.